The number of allylic oxidation sites excluding steroid dienone is 4. The maximum Gasteiger partial charge on any atom is 0.160 e. The zero-order valence-electron chi connectivity index (χ0n) is 54.9. The Kier molecular flexibility index (Phi) is 12.2. The fraction of sp³-hybridized carbons (Fsp3) is 0.0213. The van der Waals surface area contributed by atoms with Crippen LogP contribution in [0.2, 0.25) is 0 Å². The van der Waals surface area contributed by atoms with Crippen molar-refractivity contribution in [1.29, 1.82) is 0 Å². The van der Waals surface area contributed by atoms with Crippen LogP contribution >= 0.6 is 0 Å². The average Bonchev–Trinajstić information content (AvgIpc) is 1.59. The van der Waals surface area contributed by atoms with Crippen LogP contribution in [0.1, 0.15) is 18.0 Å². The number of furan rings is 3. The molecule has 22 rings (SSSR count). The standard InChI is InChI=1S/C94H57N5O3/c1-7-22-82-68(16-1)74-49-58(61-35-45-91-77(52-61)71-19-4-10-25-88(71)100-91)32-42-85(74)97(82)65-38-28-56(29-39-65)80-55-81(57-30-40-66(41-31-57)98-83-23-8-2-17-69(83)75-50-59(33-43-86(75)98)62-36-46-92-78(53-62)72-20-5-11-26-89(72)101-92)96-94(95-80)64-14-13-15-67(48-64)99-84-24-9-3-18-70(84)76-51-60(34-44-87(76)99)63-37-47-93-79(54-63)73-21-6-12-27-90(73)102-93/h1-30,32-55,57H,31H2. The van der Waals surface area contributed by atoms with Crippen molar-refractivity contribution in [1.82, 2.24) is 23.7 Å². The molecule has 21 aromatic rings. The van der Waals surface area contributed by atoms with E-state index >= 15 is 0 Å². The summed E-state index contributed by atoms with van der Waals surface area (Å²) in [5.41, 5.74) is 26.1. The molecular weight excluding hydrogens is 1250 g/mol. The minimum absolute atomic E-state index is 0.0340. The highest BCUT2D eigenvalue weighted by Crippen LogP contribution is 2.44. The molecule has 0 fully saturated rings. The predicted octanol–water partition coefficient (Wildman–Crippen LogP) is 25.4. The van der Waals surface area contributed by atoms with Gasteiger partial charge in [-0.3, -0.25) is 0 Å². The van der Waals surface area contributed by atoms with Crippen LogP contribution in [0.4, 0.5) is 0 Å². The molecular formula is C94H57N5O3. The summed E-state index contributed by atoms with van der Waals surface area (Å²) >= 11 is 0. The first-order valence-electron chi connectivity index (χ1n) is 34.8. The molecule has 8 heteroatoms. The Morgan fingerprint density at radius 2 is 0.647 bits per heavy atom. The number of para-hydroxylation sites is 6. The highest BCUT2D eigenvalue weighted by atomic mass is 16.3. The van der Waals surface area contributed by atoms with E-state index in [9.17, 15) is 0 Å². The van der Waals surface area contributed by atoms with E-state index in [1.54, 1.807) is 0 Å². The summed E-state index contributed by atoms with van der Waals surface area (Å²) in [5.74, 6) is 0.631. The van der Waals surface area contributed by atoms with Crippen LogP contribution in [0.15, 0.2) is 341 Å². The third-order valence-electron chi connectivity index (χ3n) is 21.4. The lowest BCUT2D eigenvalue weighted by atomic mass is 9.94. The van der Waals surface area contributed by atoms with Gasteiger partial charge in [-0.2, -0.15) is 0 Å². The molecule has 8 nitrogen and oxygen atoms in total. The largest absolute Gasteiger partial charge is 0.456 e. The lowest BCUT2D eigenvalue weighted by Gasteiger charge is -2.19. The third kappa shape index (κ3) is 8.76. The number of nitrogens with zero attached hydrogens (tertiary/aromatic N) is 5. The first kappa shape index (κ1) is 56.5. The number of benzene rings is 14. The molecule has 1 aliphatic rings. The molecule has 1 atom stereocenters. The molecule has 1 aliphatic carbocycles. The monoisotopic (exact) mass is 1300 g/mol. The van der Waals surface area contributed by atoms with E-state index in [2.05, 4.69) is 305 Å². The summed E-state index contributed by atoms with van der Waals surface area (Å²) in [6.45, 7) is 0. The van der Waals surface area contributed by atoms with Gasteiger partial charge in [-0.1, -0.05) is 182 Å². The molecule has 7 aromatic heterocycles. The van der Waals surface area contributed by atoms with Crippen molar-refractivity contribution in [3.63, 3.8) is 0 Å². The molecule has 14 aromatic carbocycles. The molecule has 0 amide bonds. The van der Waals surface area contributed by atoms with E-state index in [0.29, 0.717) is 5.82 Å². The minimum Gasteiger partial charge on any atom is -0.456 e. The van der Waals surface area contributed by atoms with Gasteiger partial charge in [-0.25, -0.2) is 9.97 Å². The van der Waals surface area contributed by atoms with Crippen molar-refractivity contribution in [2.45, 2.75) is 12.3 Å². The first-order valence-corrected chi connectivity index (χ1v) is 34.8. The number of rotatable bonds is 9. The van der Waals surface area contributed by atoms with Crippen LogP contribution in [0.3, 0.4) is 0 Å². The third-order valence-corrected chi connectivity index (χ3v) is 21.4. The van der Waals surface area contributed by atoms with E-state index in [0.717, 1.165) is 178 Å². The predicted molar refractivity (Wildman–Crippen MR) is 420 cm³/mol. The minimum atomic E-state index is -0.0340. The lowest BCUT2D eigenvalue weighted by molar-refractivity contribution is 0.668. The van der Waals surface area contributed by atoms with Crippen LogP contribution in [0.5, 0.6) is 0 Å². The Morgan fingerprint density at radius 1 is 0.265 bits per heavy atom. The topological polar surface area (TPSA) is 80.0 Å². The van der Waals surface area contributed by atoms with Crippen molar-refractivity contribution >= 4 is 137 Å². The summed E-state index contributed by atoms with van der Waals surface area (Å²) in [6, 6.07) is 111. The SMILES string of the molecule is C1=CC(c2cc(-c3ccc(-n4c5ccccc5c5cc(-c6ccc7oc8ccccc8c7c6)ccc54)cc3)nc(-c3cccc(-n4c5ccccc5c5cc(-c6ccc7oc8ccccc8c7c6)ccc54)c3)n2)CC=C1n1c2ccccc2c2cc(-c3ccc4oc5ccccc5c4c3)ccc21. The number of aromatic nitrogens is 5. The number of hydrogen-bond donors (Lipinski definition) is 0. The van der Waals surface area contributed by atoms with Crippen molar-refractivity contribution in [2.75, 3.05) is 0 Å². The Hall–Kier alpha value is -13.6. The Bertz CT molecular complexity index is 7180. The van der Waals surface area contributed by atoms with Gasteiger partial charge >= 0.3 is 0 Å². The maximum absolute atomic E-state index is 6.24. The molecule has 0 N–H and O–H groups in total. The first-order chi connectivity index (χ1) is 50.5. The van der Waals surface area contributed by atoms with Gasteiger partial charge in [-0.05, 0) is 185 Å². The van der Waals surface area contributed by atoms with Gasteiger partial charge in [0.05, 0.1) is 44.5 Å². The molecule has 0 saturated heterocycles. The Labute approximate surface area is 583 Å². The Balaban J connectivity index is 0.642. The summed E-state index contributed by atoms with van der Waals surface area (Å²) in [5, 5.41) is 13.9. The zero-order valence-corrected chi connectivity index (χ0v) is 54.9. The molecule has 0 bridgehead atoms. The summed E-state index contributed by atoms with van der Waals surface area (Å²) < 4.78 is 25.9. The normalized spacial score (nSPS) is 13.6. The van der Waals surface area contributed by atoms with Crippen molar-refractivity contribution in [2.24, 2.45) is 0 Å². The van der Waals surface area contributed by atoms with E-state index in [-0.39, 0.29) is 5.92 Å². The second kappa shape index (κ2) is 22.0. The summed E-state index contributed by atoms with van der Waals surface area (Å²) in [7, 11) is 0. The van der Waals surface area contributed by atoms with Crippen molar-refractivity contribution in [3.05, 3.63) is 333 Å². The van der Waals surface area contributed by atoms with Gasteiger partial charge in [0.15, 0.2) is 5.82 Å². The van der Waals surface area contributed by atoms with Gasteiger partial charge < -0.3 is 27.0 Å². The van der Waals surface area contributed by atoms with Gasteiger partial charge in [0.25, 0.3) is 0 Å². The molecule has 1 unspecified atom stereocenters. The Morgan fingerprint density at radius 3 is 1.12 bits per heavy atom. The highest BCUT2D eigenvalue weighted by Gasteiger charge is 2.24. The summed E-state index contributed by atoms with van der Waals surface area (Å²) in [6.07, 6.45) is 7.77. The van der Waals surface area contributed by atoms with E-state index < -0.39 is 0 Å². The van der Waals surface area contributed by atoms with E-state index in [1.807, 2.05) is 36.4 Å². The number of hydrogen-bond acceptors (Lipinski definition) is 5. The maximum atomic E-state index is 6.24. The fourth-order valence-corrected chi connectivity index (χ4v) is 16.5. The van der Waals surface area contributed by atoms with Gasteiger partial charge in [-0.15, -0.1) is 0 Å². The average molecular weight is 1300 g/mol. The van der Waals surface area contributed by atoms with Crippen LogP contribution in [-0.2, 0) is 0 Å². The zero-order chi connectivity index (χ0) is 66.7. The van der Waals surface area contributed by atoms with Crippen LogP contribution in [-0.4, -0.2) is 23.7 Å². The molecule has 0 aliphatic heterocycles. The van der Waals surface area contributed by atoms with Gasteiger partial charge in [0, 0.05) is 98.8 Å². The molecule has 0 spiro atoms. The highest BCUT2D eigenvalue weighted by molar-refractivity contribution is 6.15. The smallest absolute Gasteiger partial charge is 0.160 e. The van der Waals surface area contributed by atoms with Gasteiger partial charge in [0.1, 0.15) is 33.5 Å². The molecule has 102 heavy (non-hydrogen) atoms. The van der Waals surface area contributed by atoms with Crippen LogP contribution in [0.25, 0.3) is 204 Å². The quantitative estimate of drug-likeness (QED) is 0.144. The fourth-order valence-electron chi connectivity index (χ4n) is 16.5. The second-order valence-electron chi connectivity index (χ2n) is 27.1. The molecule has 7 heterocycles. The van der Waals surface area contributed by atoms with Crippen LogP contribution in [0, 0.1) is 0 Å². The second-order valence-corrected chi connectivity index (χ2v) is 27.1. The van der Waals surface area contributed by atoms with Gasteiger partial charge in [0.2, 0.25) is 0 Å². The lowest BCUT2D eigenvalue weighted by Crippen LogP contribution is -2.07. The molecule has 0 saturated carbocycles. The van der Waals surface area contributed by atoms with Crippen LogP contribution < -0.4 is 0 Å². The summed E-state index contributed by atoms with van der Waals surface area (Å²) in [4.78, 5) is 11.1. The molecule has 0 radical (unpaired) electrons. The van der Waals surface area contributed by atoms with Crippen molar-refractivity contribution < 1.29 is 13.3 Å². The molecule has 476 valence electrons. The van der Waals surface area contributed by atoms with Crippen molar-refractivity contribution in [3.8, 4) is 67.4 Å². The van der Waals surface area contributed by atoms with E-state index in [1.165, 1.54) is 32.3 Å². The number of fused-ring (bicyclic) bond motifs is 18. The van der Waals surface area contributed by atoms with E-state index in [4.69, 9.17) is 23.2 Å².